The van der Waals surface area contributed by atoms with Crippen LogP contribution in [0.25, 0.3) is 11.0 Å². The minimum Gasteiger partial charge on any atom is -0.339 e. The van der Waals surface area contributed by atoms with Crippen molar-refractivity contribution in [1.29, 1.82) is 0 Å². The number of para-hydroxylation sites is 1. The molecule has 2 N–H and O–H groups in total. The first kappa shape index (κ1) is 21.3. The van der Waals surface area contributed by atoms with Crippen molar-refractivity contribution in [2.75, 3.05) is 19.4 Å². The summed E-state index contributed by atoms with van der Waals surface area (Å²) in [5.74, 6) is -0.484. The molecule has 10 heteroatoms. The molecule has 0 spiro atoms. The highest BCUT2D eigenvalue weighted by Gasteiger charge is 2.16. The fourth-order valence-corrected chi connectivity index (χ4v) is 3.51. The molecule has 0 saturated heterocycles. The average Bonchev–Trinajstić information content (AvgIpc) is 2.72. The van der Waals surface area contributed by atoms with Crippen LogP contribution in [0.3, 0.4) is 0 Å². The van der Waals surface area contributed by atoms with Gasteiger partial charge in [0.1, 0.15) is 5.65 Å². The van der Waals surface area contributed by atoms with Gasteiger partial charge >= 0.3 is 5.69 Å². The van der Waals surface area contributed by atoms with Crippen molar-refractivity contribution in [1.82, 2.24) is 19.4 Å². The van der Waals surface area contributed by atoms with Gasteiger partial charge in [0.05, 0.1) is 16.6 Å². The van der Waals surface area contributed by atoms with Gasteiger partial charge in [0.25, 0.3) is 16.7 Å². The standard InChI is InChI=1S/C20H21N5O4S/c1-4-9-25-16-13(18(27)23-19(25)28)10-12(11-21-16)17(26)22-14-7-5-6-8-15(14)30-20(29)24(2)3/h5-8,10-11H,4,9H2,1-3H3,(H,22,26)(H,23,27,28). The van der Waals surface area contributed by atoms with Gasteiger partial charge in [0.2, 0.25) is 0 Å². The first-order valence-corrected chi connectivity index (χ1v) is 10.1. The summed E-state index contributed by atoms with van der Waals surface area (Å²) in [5, 5.41) is 2.73. The normalized spacial score (nSPS) is 10.8. The Labute approximate surface area is 176 Å². The van der Waals surface area contributed by atoms with Crippen LogP contribution in [0.5, 0.6) is 0 Å². The van der Waals surface area contributed by atoms with E-state index < -0.39 is 17.2 Å². The number of rotatable bonds is 5. The molecule has 0 saturated carbocycles. The summed E-state index contributed by atoms with van der Waals surface area (Å²) in [6.45, 7) is 2.30. The minimum atomic E-state index is -0.600. The number of carbonyl (C=O) groups excluding carboxylic acids is 2. The van der Waals surface area contributed by atoms with Gasteiger partial charge in [0.15, 0.2) is 0 Å². The highest BCUT2D eigenvalue weighted by molar-refractivity contribution is 8.13. The number of carbonyl (C=O) groups is 2. The SMILES string of the molecule is CCCn1c(=O)[nH]c(=O)c2cc(C(=O)Nc3ccccc3SC(=O)N(C)C)cnc21. The minimum absolute atomic E-state index is 0.154. The van der Waals surface area contributed by atoms with E-state index in [2.05, 4.69) is 15.3 Å². The molecule has 1 aromatic carbocycles. The van der Waals surface area contributed by atoms with Crippen molar-refractivity contribution in [3.63, 3.8) is 0 Å². The van der Waals surface area contributed by atoms with Gasteiger partial charge < -0.3 is 10.2 Å². The number of fused-ring (bicyclic) bond motifs is 1. The summed E-state index contributed by atoms with van der Waals surface area (Å²) >= 11 is 0.993. The van der Waals surface area contributed by atoms with Gasteiger partial charge in [-0.15, -0.1) is 0 Å². The number of aromatic nitrogens is 3. The quantitative estimate of drug-likeness (QED) is 0.604. The van der Waals surface area contributed by atoms with E-state index in [1.165, 1.54) is 21.7 Å². The van der Waals surface area contributed by atoms with Crippen molar-refractivity contribution in [3.8, 4) is 0 Å². The van der Waals surface area contributed by atoms with Crippen LogP contribution in [0.4, 0.5) is 10.5 Å². The molecule has 0 fully saturated rings. The lowest BCUT2D eigenvalue weighted by Crippen LogP contribution is -2.31. The van der Waals surface area contributed by atoms with E-state index in [1.54, 1.807) is 38.4 Å². The van der Waals surface area contributed by atoms with Crippen LogP contribution in [0.15, 0.2) is 51.0 Å². The fourth-order valence-electron chi connectivity index (χ4n) is 2.76. The Hall–Kier alpha value is -3.40. The molecule has 2 aromatic heterocycles. The summed E-state index contributed by atoms with van der Waals surface area (Å²) in [6.07, 6.45) is 2.01. The first-order chi connectivity index (χ1) is 14.3. The second-order valence-corrected chi connectivity index (χ2v) is 7.71. The van der Waals surface area contributed by atoms with Crippen LogP contribution in [0, 0.1) is 0 Å². The number of hydrogen-bond donors (Lipinski definition) is 2. The number of amides is 2. The molecule has 3 aromatic rings. The van der Waals surface area contributed by atoms with Crippen molar-refractivity contribution in [3.05, 3.63) is 62.9 Å². The van der Waals surface area contributed by atoms with Gasteiger partial charge in [-0.1, -0.05) is 19.1 Å². The van der Waals surface area contributed by atoms with Crippen molar-refractivity contribution >= 4 is 39.6 Å². The van der Waals surface area contributed by atoms with Crippen LogP contribution in [-0.2, 0) is 6.54 Å². The molecule has 30 heavy (non-hydrogen) atoms. The third-order valence-electron chi connectivity index (χ3n) is 4.24. The molecule has 3 rings (SSSR count). The predicted octanol–water partition coefficient (Wildman–Crippen LogP) is 2.52. The largest absolute Gasteiger partial charge is 0.339 e. The van der Waals surface area contributed by atoms with E-state index in [9.17, 15) is 19.2 Å². The lowest BCUT2D eigenvalue weighted by Gasteiger charge is -2.13. The van der Waals surface area contributed by atoms with Crippen LogP contribution in [-0.4, -0.2) is 44.7 Å². The molecule has 0 atom stereocenters. The second kappa shape index (κ2) is 8.95. The number of hydrogen-bond acceptors (Lipinski definition) is 6. The van der Waals surface area contributed by atoms with Gasteiger partial charge in [-0.2, -0.15) is 0 Å². The molecule has 2 amide bonds. The Morgan fingerprint density at radius 3 is 2.67 bits per heavy atom. The molecule has 9 nitrogen and oxygen atoms in total. The summed E-state index contributed by atoms with van der Waals surface area (Å²) in [7, 11) is 3.29. The molecule has 156 valence electrons. The number of thioether (sulfide) groups is 1. The zero-order chi connectivity index (χ0) is 21.8. The maximum absolute atomic E-state index is 12.8. The Morgan fingerprint density at radius 1 is 1.23 bits per heavy atom. The van der Waals surface area contributed by atoms with Crippen molar-refractivity contribution < 1.29 is 9.59 Å². The van der Waals surface area contributed by atoms with E-state index in [0.29, 0.717) is 23.5 Å². The van der Waals surface area contributed by atoms with E-state index >= 15 is 0 Å². The van der Waals surface area contributed by atoms with Crippen molar-refractivity contribution in [2.24, 2.45) is 0 Å². The topological polar surface area (TPSA) is 117 Å². The first-order valence-electron chi connectivity index (χ1n) is 9.24. The summed E-state index contributed by atoms with van der Waals surface area (Å²) < 4.78 is 1.37. The molecular weight excluding hydrogens is 406 g/mol. The molecule has 0 unspecified atom stereocenters. The molecule has 2 heterocycles. The number of nitrogens with one attached hydrogen (secondary N) is 2. The Morgan fingerprint density at radius 2 is 1.97 bits per heavy atom. The lowest BCUT2D eigenvalue weighted by atomic mass is 10.2. The number of pyridine rings is 1. The molecular formula is C20H21N5O4S. The average molecular weight is 427 g/mol. The van der Waals surface area contributed by atoms with Gasteiger partial charge in [-0.3, -0.25) is 23.9 Å². The van der Waals surface area contributed by atoms with Gasteiger partial charge in [-0.05, 0) is 36.4 Å². The van der Waals surface area contributed by atoms with Crippen LogP contribution in [0.1, 0.15) is 23.7 Å². The highest BCUT2D eigenvalue weighted by Crippen LogP contribution is 2.29. The van der Waals surface area contributed by atoms with E-state index in [0.717, 1.165) is 11.8 Å². The number of nitrogens with zero attached hydrogens (tertiary/aromatic N) is 3. The second-order valence-electron chi connectivity index (χ2n) is 6.72. The number of aromatic amines is 1. The van der Waals surface area contributed by atoms with Crippen LogP contribution >= 0.6 is 11.8 Å². The van der Waals surface area contributed by atoms with Crippen LogP contribution < -0.4 is 16.6 Å². The van der Waals surface area contributed by atoms with E-state index in [1.807, 2.05) is 6.92 Å². The Bertz CT molecular complexity index is 1230. The maximum atomic E-state index is 12.8. The molecule has 0 radical (unpaired) electrons. The number of benzene rings is 1. The molecule has 0 bridgehead atoms. The zero-order valence-electron chi connectivity index (χ0n) is 16.8. The van der Waals surface area contributed by atoms with Crippen LogP contribution in [0.2, 0.25) is 0 Å². The summed E-state index contributed by atoms with van der Waals surface area (Å²) in [5.41, 5.74) is -0.275. The summed E-state index contributed by atoms with van der Waals surface area (Å²) in [4.78, 5) is 57.6. The highest BCUT2D eigenvalue weighted by atomic mass is 32.2. The third-order valence-corrected chi connectivity index (χ3v) is 5.36. The number of anilines is 1. The predicted molar refractivity (Wildman–Crippen MR) is 116 cm³/mol. The van der Waals surface area contributed by atoms with Crippen molar-refractivity contribution in [2.45, 2.75) is 24.8 Å². The van der Waals surface area contributed by atoms with Gasteiger partial charge in [0, 0.05) is 31.7 Å². The van der Waals surface area contributed by atoms with E-state index in [-0.39, 0.29) is 21.8 Å². The maximum Gasteiger partial charge on any atom is 0.329 e. The number of aryl methyl sites for hydroxylation is 1. The zero-order valence-corrected chi connectivity index (χ0v) is 17.6. The third kappa shape index (κ3) is 4.43. The number of H-pyrrole nitrogens is 1. The Balaban J connectivity index is 1.94. The smallest absolute Gasteiger partial charge is 0.329 e. The fraction of sp³-hybridized carbons (Fsp3) is 0.250. The summed E-state index contributed by atoms with van der Waals surface area (Å²) in [6, 6.07) is 8.33. The van der Waals surface area contributed by atoms with Gasteiger partial charge in [-0.25, -0.2) is 9.78 Å². The molecule has 0 aliphatic heterocycles. The molecule has 0 aliphatic rings. The Kier molecular flexibility index (Phi) is 6.36. The lowest BCUT2D eigenvalue weighted by molar-refractivity contribution is 0.102. The van der Waals surface area contributed by atoms with E-state index in [4.69, 9.17) is 0 Å². The monoisotopic (exact) mass is 427 g/mol. The molecule has 0 aliphatic carbocycles.